The average Bonchev–Trinajstić information content (AvgIpc) is 3.32. The molecule has 1 N–H and O–H groups in total. The number of para-hydroxylation sites is 3. The van der Waals surface area contributed by atoms with Crippen LogP contribution < -0.4 is 14.8 Å². The first-order valence-electron chi connectivity index (χ1n) is 9.00. The Labute approximate surface area is 156 Å². The monoisotopic (exact) mass is 355 g/mol. The van der Waals surface area contributed by atoms with Crippen LogP contribution in [0.1, 0.15) is 12.5 Å². The molecule has 1 aromatic heterocycles. The lowest BCUT2D eigenvalue weighted by atomic mass is 9.95. The Kier molecular flexibility index (Phi) is 2.74. The van der Waals surface area contributed by atoms with Crippen molar-refractivity contribution in [3.05, 3.63) is 72.3 Å². The van der Waals surface area contributed by atoms with Gasteiger partial charge in [-0.05, 0) is 43.3 Å². The van der Waals surface area contributed by atoms with Gasteiger partial charge in [-0.15, -0.1) is 0 Å². The van der Waals surface area contributed by atoms with Crippen LogP contribution in [0, 0.1) is 0 Å². The first kappa shape index (κ1) is 14.7. The van der Waals surface area contributed by atoms with Crippen molar-refractivity contribution in [2.45, 2.75) is 12.6 Å². The first-order valence-corrected chi connectivity index (χ1v) is 9.00. The van der Waals surface area contributed by atoms with E-state index in [2.05, 4.69) is 59.3 Å². The van der Waals surface area contributed by atoms with E-state index in [0.717, 1.165) is 45.2 Å². The fourth-order valence-corrected chi connectivity index (χ4v) is 4.17. The van der Waals surface area contributed by atoms with Gasteiger partial charge in [-0.25, -0.2) is 4.98 Å². The Morgan fingerprint density at radius 1 is 0.963 bits per heavy atom. The lowest BCUT2D eigenvalue weighted by molar-refractivity contribution is 0.174. The number of hydrogen-bond acceptors (Lipinski definition) is 4. The molecule has 3 aromatic carbocycles. The molecular formula is C22H17N3O2. The van der Waals surface area contributed by atoms with Gasteiger partial charge in [-0.1, -0.05) is 30.3 Å². The summed E-state index contributed by atoms with van der Waals surface area (Å²) in [5.41, 5.74) is 4.83. The lowest BCUT2D eigenvalue weighted by Gasteiger charge is -2.40. The van der Waals surface area contributed by atoms with Gasteiger partial charge in [-0.2, -0.15) is 0 Å². The van der Waals surface area contributed by atoms with E-state index in [4.69, 9.17) is 14.5 Å². The number of imidazole rings is 1. The largest absolute Gasteiger partial charge is 0.454 e. The van der Waals surface area contributed by atoms with Crippen molar-refractivity contribution in [3.63, 3.8) is 0 Å². The Morgan fingerprint density at radius 3 is 2.74 bits per heavy atom. The number of hydrogen-bond donors (Lipinski definition) is 1. The molecule has 4 aromatic rings. The Hall–Kier alpha value is -3.47. The molecule has 2 aliphatic heterocycles. The van der Waals surface area contributed by atoms with E-state index >= 15 is 0 Å². The van der Waals surface area contributed by atoms with Gasteiger partial charge in [0.15, 0.2) is 11.5 Å². The number of benzene rings is 3. The Balaban J connectivity index is 1.67. The van der Waals surface area contributed by atoms with Gasteiger partial charge in [0.05, 0.1) is 11.0 Å². The van der Waals surface area contributed by atoms with Crippen LogP contribution in [-0.2, 0) is 5.66 Å². The highest BCUT2D eigenvalue weighted by atomic mass is 16.7. The third-order valence-electron chi connectivity index (χ3n) is 5.49. The fourth-order valence-electron chi connectivity index (χ4n) is 4.17. The summed E-state index contributed by atoms with van der Waals surface area (Å²) in [7, 11) is 0. The van der Waals surface area contributed by atoms with Crippen molar-refractivity contribution in [2.24, 2.45) is 0 Å². The summed E-state index contributed by atoms with van der Waals surface area (Å²) < 4.78 is 13.4. The number of rotatable bonds is 1. The molecule has 0 aliphatic carbocycles. The molecule has 1 unspecified atom stereocenters. The zero-order valence-corrected chi connectivity index (χ0v) is 14.8. The minimum Gasteiger partial charge on any atom is -0.454 e. The molecule has 0 saturated carbocycles. The number of aromatic nitrogens is 2. The van der Waals surface area contributed by atoms with Crippen LogP contribution >= 0.6 is 0 Å². The quantitative estimate of drug-likeness (QED) is 0.543. The van der Waals surface area contributed by atoms with E-state index in [1.54, 1.807) is 0 Å². The third-order valence-corrected chi connectivity index (χ3v) is 5.49. The van der Waals surface area contributed by atoms with Gasteiger partial charge in [0.1, 0.15) is 11.5 Å². The van der Waals surface area contributed by atoms with Crippen LogP contribution in [0.3, 0.4) is 0 Å². The summed E-state index contributed by atoms with van der Waals surface area (Å²) in [5.74, 6) is 2.53. The van der Waals surface area contributed by atoms with Crippen molar-refractivity contribution >= 4 is 16.7 Å². The van der Waals surface area contributed by atoms with Gasteiger partial charge < -0.3 is 14.8 Å². The van der Waals surface area contributed by atoms with Gasteiger partial charge in [0, 0.05) is 16.8 Å². The summed E-state index contributed by atoms with van der Waals surface area (Å²) >= 11 is 0. The van der Waals surface area contributed by atoms with Gasteiger partial charge >= 0.3 is 0 Å². The molecular weight excluding hydrogens is 338 g/mol. The highest BCUT2D eigenvalue weighted by molar-refractivity contribution is 5.87. The fraction of sp³-hybridized carbons (Fsp3) is 0.136. The standard InChI is InChI=1S/C22H17N3O2/c1-22(14-10-11-19-20(12-14)27-13-26-19)24-16-7-3-2-6-15(16)21-23-17-8-4-5-9-18(17)25(21)22/h2-12,24H,13H2,1H3. The summed E-state index contributed by atoms with van der Waals surface area (Å²) in [6.07, 6.45) is 0. The van der Waals surface area contributed by atoms with E-state index in [0.29, 0.717) is 0 Å². The molecule has 0 spiro atoms. The number of nitrogens with zero attached hydrogens (tertiary/aromatic N) is 2. The van der Waals surface area contributed by atoms with E-state index in [9.17, 15) is 0 Å². The summed E-state index contributed by atoms with van der Waals surface area (Å²) in [4.78, 5) is 4.96. The molecule has 1 atom stereocenters. The maximum absolute atomic E-state index is 5.63. The van der Waals surface area contributed by atoms with Gasteiger partial charge in [0.2, 0.25) is 6.79 Å². The average molecular weight is 355 g/mol. The molecule has 0 bridgehead atoms. The maximum Gasteiger partial charge on any atom is 0.231 e. The van der Waals surface area contributed by atoms with E-state index < -0.39 is 5.66 Å². The van der Waals surface area contributed by atoms with Crippen molar-refractivity contribution < 1.29 is 9.47 Å². The lowest BCUT2D eigenvalue weighted by Crippen LogP contribution is -2.42. The van der Waals surface area contributed by atoms with Crippen molar-refractivity contribution in [2.75, 3.05) is 12.1 Å². The molecule has 0 radical (unpaired) electrons. The van der Waals surface area contributed by atoms with E-state index in [-0.39, 0.29) is 6.79 Å². The second kappa shape index (κ2) is 5.04. The molecule has 0 fully saturated rings. The number of fused-ring (bicyclic) bond motifs is 6. The number of nitrogens with one attached hydrogen (secondary N) is 1. The van der Waals surface area contributed by atoms with E-state index in [1.165, 1.54) is 0 Å². The van der Waals surface area contributed by atoms with Crippen molar-refractivity contribution in [1.29, 1.82) is 0 Å². The molecule has 0 amide bonds. The predicted octanol–water partition coefficient (Wildman–Crippen LogP) is 4.58. The molecule has 2 aliphatic rings. The maximum atomic E-state index is 5.63. The van der Waals surface area contributed by atoms with Crippen molar-refractivity contribution in [3.8, 4) is 22.9 Å². The van der Waals surface area contributed by atoms with Crippen LogP contribution in [0.5, 0.6) is 11.5 Å². The summed E-state index contributed by atoms with van der Waals surface area (Å²) in [6, 6.07) is 22.7. The molecule has 27 heavy (non-hydrogen) atoms. The number of ether oxygens (including phenoxy) is 2. The van der Waals surface area contributed by atoms with Crippen molar-refractivity contribution in [1.82, 2.24) is 9.55 Å². The number of anilines is 1. The van der Waals surface area contributed by atoms with Crippen LogP contribution in [0.25, 0.3) is 22.4 Å². The normalized spacial score (nSPS) is 19.4. The highest BCUT2D eigenvalue weighted by Gasteiger charge is 2.38. The highest BCUT2D eigenvalue weighted by Crippen LogP contribution is 2.45. The summed E-state index contributed by atoms with van der Waals surface area (Å²) in [6.45, 7) is 2.45. The second-order valence-electron chi connectivity index (χ2n) is 7.07. The molecule has 0 saturated heterocycles. The topological polar surface area (TPSA) is 48.3 Å². The van der Waals surface area contributed by atoms with E-state index in [1.807, 2.05) is 24.3 Å². The zero-order valence-electron chi connectivity index (χ0n) is 14.8. The minimum atomic E-state index is -0.513. The second-order valence-corrected chi connectivity index (χ2v) is 7.07. The Morgan fingerprint density at radius 2 is 1.78 bits per heavy atom. The van der Waals surface area contributed by atoms with Crippen LogP contribution in [0.4, 0.5) is 5.69 Å². The van der Waals surface area contributed by atoms with Gasteiger partial charge in [-0.3, -0.25) is 4.57 Å². The molecule has 5 nitrogen and oxygen atoms in total. The van der Waals surface area contributed by atoms with Crippen LogP contribution in [0.15, 0.2) is 66.7 Å². The molecule has 5 heteroatoms. The third kappa shape index (κ3) is 1.91. The molecule has 3 heterocycles. The van der Waals surface area contributed by atoms with Crippen LogP contribution in [0.2, 0.25) is 0 Å². The molecule has 6 rings (SSSR count). The minimum absolute atomic E-state index is 0.269. The SMILES string of the molecule is CC1(c2ccc3c(c2)OCO3)Nc2ccccc2-c2nc3ccccc3n21. The van der Waals surface area contributed by atoms with Gasteiger partial charge in [0.25, 0.3) is 0 Å². The Bertz CT molecular complexity index is 1210. The summed E-state index contributed by atoms with van der Waals surface area (Å²) in [5, 5.41) is 3.74. The smallest absolute Gasteiger partial charge is 0.231 e. The first-order chi connectivity index (χ1) is 13.2. The predicted molar refractivity (Wildman–Crippen MR) is 104 cm³/mol. The molecule has 132 valence electrons. The van der Waals surface area contributed by atoms with Crippen LogP contribution in [-0.4, -0.2) is 16.3 Å². The zero-order chi connectivity index (χ0) is 18.0.